The smallest absolute Gasteiger partial charge is 0.222 e. The van der Waals surface area contributed by atoms with E-state index >= 15 is 0 Å². The third-order valence-corrected chi connectivity index (χ3v) is 5.17. The first kappa shape index (κ1) is 20.2. The van der Waals surface area contributed by atoms with Crippen LogP contribution in [0.25, 0.3) is 0 Å². The number of hydrogen-bond acceptors (Lipinski definition) is 7. The molecule has 1 aliphatic rings. The number of hydrogen-bond donors (Lipinski definition) is 2. The predicted molar refractivity (Wildman–Crippen MR) is 102 cm³/mol. The number of amides is 1. The fourth-order valence-electron chi connectivity index (χ4n) is 3.50. The molecule has 1 amide bonds. The fraction of sp³-hybridized carbons (Fsp3) is 0.579. The van der Waals surface area contributed by atoms with E-state index in [2.05, 4.69) is 20.0 Å². The van der Waals surface area contributed by atoms with Gasteiger partial charge in [0, 0.05) is 63.0 Å². The van der Waals surface area contributed by atoms with Gasteiger partial charge in [-0.15, -0.1) is 0 Å². The van der Waals surface area contributed by atoms with Crippen LogP contribution in [0, 0.1) is 6.92 Å². The second-order valence-corrected chi connectivity index (χ2v) is 7.13. The maximum atomic E-state index is 12.5. The molecule has 3 heterocycles. The van der Waals surface area contributed by atoms with Crippen molar-refractivity contribution >= 4 is 5.91 Å². The Bertz CT molecular complexity index is 780. The first-order valence-corrected chi connectivity index (χ1v) is 9.68. The second-order valence-electron chi connectivity index (χ2n) is 7.13. The number of aryl methyl sites for hydroxylation is 2. The summed E-state index contributed by atoms with van der Waals surface area (Å²) in [7, 11) is 0. The van der Waals surface area contributed by atoms with E-state index in [0.717, 1.165) is 38.0 Å². The van der Waals surface area contributed by atoms with Crippen LogP contribution in [-0.2, 0) is 24.5 Å². The van der Waals surface area contributed by atoms with Gasteiger partial charge in [-0.1, -0.05) is 0 Å². The third kappa shape index (κ3) is 5.05. The zero-order valence-electron chi connectivity index (χ0n) is 16.3. The summed E-state index contributed by atoms with van der Waals surface area (Å²) in [5, 5.41) is 24.0. The number of nitrogens with zero attached hydrogens (tertiary/aromatic N) is 6. The first-order chi connectivity index (χ1) is 13.6. The topological polar surface area (TPSA) is 108 Å². The van der Waals surface area contributed by atoms with Crippen LogP contribution in [0.5, 0.6) is 5.75 Å². The molecule has 0 unspecified atom stereocenters. The molecule has 0 spiro atoms. The normalized spacial score (nSPS) is 15.6. The Labute approximate surface area is 164 Å². The molecule has 9 nitrogen and oxygen atoms in total. The molecule has 1 saturated heterocycles. The Hall–Kier alpha value is -2.52. The highest BCUT2D eigenvalue weighted by Gasteiger charge is 2.21. The van der Waals surface area contributed by atoms with Crippen molar-refractivity contribution in [2.45, 2.75) is 45.9 Å². The largest absolute Gasteiger partial charge is 0.506 e. The average Bonchev–Trinajstić information content (AvgIpc) is 3.10. The summed E-state index contributed by atoms with van der Waals surface area (Å²) in [6.07, 6.45) is 6.90. The molecule has 9 heteroatoms. The van der Waals surface area contributed by atoms with Gasteiger partial charge in [0.1, 0.15) is 18.4 Å². The molecule has 1 aliphatic heterocycles. The van der Waals surface area contributed by atoms with E-state index in [9.17, 15) is 15.0 Å². The zero-order chi connectivity index (χ0) is 19.9. The molecule has 152 valence electrons. The monoisotopic (exact) mass is 388 g/mol. The van der Waals surface area contributed by atoms with Crippen molar-refractivity contribution in [2.24, 2.45) is 0 Å². The van der Waals surface area contributed by atoms with Crippen LogP contribution in [0.1, 0.15) is 36.1 Å². The summed E-state index contributed by atoms with van der Waals surface area (Å²) in [5.41, 5.74) is 1.93. The van der Waals surface area contributed by atoms with Gasteiger partial charge in [-0.2, -0.15) is 5.10 Å². The predicted octanol–water partition coefficient (Wildman–Crippen LogP) is 0.694. The molecule has 2 aromatic heterocycles. The highest BCUT2D eigenvalue weighted by molar-refractivity contribution is 5.76. The molecule has 0 aromatic carbocycles. The Morgan fingerprint density at radius 2 is 2.11 bits per heavy atom. The van der Waals surface area contributed by atoms with Gasteiger partial charge in [0.25, 0.3) is 0 Å². The van der Waals surface area contributed by atoms with Crippen LogP contribution >= 0.6 is 0 Å². The first-order valence-electron chi connectivity index (χ1n) is 9.68. The lowest BCUT2D eigenvalue weighted by Crippen LogP contribution is -2.35. The summed E-state index contributed by atoms with van der Waals surface area (Å²) in [6.45, 7) is 5.82. The number of aliphatic hydroxyl groups excluding tert-OH is 1. The van der Waals surface area contributed by atoms with Gasteiger partial charge in [0.15, 0.2) is 0 Å². The van der Waals surface area contributed by atoms with Crippen molar-refractivity contribution in [3.8, 4) is 5.75 Å². The minimum atomic E-state index is -0.152. The van der Waals surface area contributed by atoms with E-state index in [0.29, 0.717) is 37.3 Å². The van der Waals surface area contributed by atoms with Crippen LogP contribution in [0.4, 0.5) is 0 Å². The molecule has 0 saturated carbocycles. The van der Waals surface area contributed by atoms with Gasteiger partial charge in [-0.3, -0.25) is 19.4 Å². The minimum Gasteiger partial charge on any atom is -0.506 e. The van der Waals surface area contributed by atoms with E-state index < -0.39 is 0 Å². The van der Waals surface area contributed by atoms with Crippen molar-refractivity contribution in [3.05, 3.63) is 35.7 Å². The van der Waals surface area contributed by atoms with E-state index in [1.165, 1.54) is 6.33 Å². The number of aliphatic hydroxyl groups is 1. The minimum absolute atomic E-state index is 0.150. The molecule has 3 rings (SSSR count). The Kier molecular flexibility index (Phi) is 6.94. The van der Waals surface area contributed by atoms with E-state index in [1.807, 2.05) is 4.90 Å². The molecule has 0 radical (unpaired) electrons. The van der Waals surface area contributed by atoms with Crippen LogP contribution in [0.15, 0.2) is 18.9 Å². The number of rotatable bonds is 7. The summed E-state index contributed by atoms with van der Waals surface area (Å²) in [4.78, 5) is 24.7. The van der Waals surface area contributed by atoms with E-state index in [-0.39, 0.29) is 18.3 Å². The maximum absolute atomic E-state index is 12.5. The molecule has 0 atom stereocenters. The molecule has 2 N–H and O–H groups in total. The van der Waals surface area contributed by atoms with Crippen molar-refractivity contribution in [1.29, 1.82) is 0 Å². The molecule has 28 heavy (non-hydrogen) atoms. The molecule has 1 fully saturated rings. The Balaban J connectivity index is 1.52. The van der Waals surface area contributed by atoms with Gasteiger partial charge >= 0.3 is 0 Å². The Morgan fingerprint density at radius 3 is 2.86 bits per heavy atom. The highest BCUT2D eigenvalue weighted by Crippen LogP contribution is 2.25. The van der Waals surface area contributed by atoms with Crippen molar-refractivity contribution < 1.29 is 15.0 Å². The standard InChI is InChI=1S/C19H28N6O3/c1-15-19(28)17(16(12-26)10-21-15)11-23-5-3-6-24(9-8-23)18(27)4-2-7-25-14-20-13-22-25/h10,13-14,26,28H,2-9,11-12H2,1H3. The molecule has 0 bridgehead atoms. The lowest BCUT2D eigenvalue weighted by Gasteiger charge is -2.23. The summed E-state index contributed by atoms with van der Waals surface area (Å²) >= 11 is 0. The van der Waals surface area contributed by atoms with Gasteiger partial charge in [-0.05, 0) is 19.8 Å². The van der Waals surface area contributed by atoms with Crippen molar-refractivity contribution in [3.63, 3.8) is 0 Å². The SMILES string of the molecule is Cc1ncc(CO)c(CN2CCCN(C(=O)CCCn3cncn3)CC2)c1O. The Morgan fingerprint density at radius 1 is 1.25 bits per heavy atom. The third-order valence-electron chi connectivity index (χ3n) is 5.17. The van der Waals surface area contributed by atoms with Gasteiger partial charge in [0.2, 0.25) is 5.91 Å². The summed E-state index contributed by atoms with van der Waals surface area (Å²) in [5.74, 6) is 0.317. The van der Waals surface area contributed by atoms with Gasteiger partial charge in [0.05, 0.1) is 12.3 Å². The summed E-state index contributed by atoms with van der Waals surface area (Å²) in [6, 6.07) is 0. The van der Waals surface area contributed by atoms with Gasteiger partial charge in [-0.25, -0.2) is 4.98 Å². The van der Waals surface area contributed by atoms with Crippen LogP contribution < -0.4 is 0 Å². The van der Waals surface area contributed by atoms with E-state index in [4.69, 9.17) is 0 Å². The quantitative estimate of drug-likeness (QED) is 0.719. The number of pyridine rings is 1. The average molecular weight is 388 g/mol. The number of aromatic hydroxyl groups is 1. The highest BCUT2D eigenvalue weighted by atomic mass is 16.3. The second kappa shape index (κ2) is 9.61. The molecule has 0 aliphatic carbocycles. The van der Waals surface area contributed by atoms with Crippen LogP contribution in [0.3, 0.4) is 0 Å². The fourth-order valence-corrected chi connectivity index (χ4v) is 3.50. The number of carbonyl (C=O) groups excluding carboxylic acids is 1. The number of carbonyl (C=O) groups is 1. The molecular formula is C19H28N6O3. The van der Waals surface area contributed by atoms with Crippen LogP contribution in [0.2, 0.25) is 0 Å². The summed E-state index contributed by atoms with van der Waals surface area (Å²) < 4.78 is 1.74. The molecule has 2 aromatic rings. The lowest BCUT2D eigenvalue weighted by molar-refractivity contribution is -0.131. The lowest BCUT2D eigenvalue weighted by atomic mass is 10.1. The van der Waals surface area contributed by atoms with Crippen molar-refractivity contribution in [2.75, 3.05) is 26.2 Å². The van der Waals surface area contributed by atoms with Crippen molar-refractivity contribution in [1.82, 2.24) is 29.5 Å². The van der Waals surface area contributed by atoms with Crippen LogP contribution in [-0.4, -0.2) is 71.8 Å². The molecular weight excluding hydrogens is 360 g/mol. The van der Waals surface area contributed by atoms with E-state index in [1.54, 1.807) is 24.1 Å². The maximum Gasteiger partial charge on any atom is 0.222 e. The van der Waals surface area contributed by atoms with Gasteiger partial charge < -0.3 is 15.1 Å². The number of aromatic nitrogens is 4. The zero-order valence-corrected chi connectivity index (χ0v) is 16.3.